The zero-order valence-corrected chi connectivity index (χ0v) is 11.0. The molecule has 18 heavy (non-hydrogen) atoms. The Kier molecular flexibility index (Phi) is 2.72. The number of nitrogens with zero attached hydrogens (tertiary/aromatic N) is 1. The van der Waals surface area contributed by atoms with Crippen LogP contribution in [0.2, 0.25) is 0 Å². The first-order chi connectivity index (χ1) is 8.48. The average Bonchev–Trinajstić information content (AvgIpc) is 2.52. The normalized spacial score (nSPS) is 36.0. The topological polar surface area (TPSA) is 23.5 Å². The van der Waals surface area contributed by atoms with Crippen molar-refractivity contribution >= 4 is 0 Å². The van der Waals surface area contributed by atoms with E-state index in [1.165, 1.54) is 12.1 Å². The van der Waals surface area contributed by atoms with Crippen LogP contribution in [-0.4, -0.2) is 29.1 Å². The monoisotopic (exact) mass is 249 g/mol. The molecular formula is C15H20FNO. The van der Waals surface area contributed by atoms with E-state index in [4.69, 9.17) is 0 Å². The molecule has 1 aromatic carbocycles. The van der Waals surface area contributed by atoms with Crippen LogP contribution in [-0.2, 0) is 5.60 Å². The van der Waals surface area contributed by atoms with Crippen molar-refractivity contribution in [2.24, 2.45) is 0 Å². The number of fused-ring (bicyclic) bond motifs is 2. The fraction of sp³-hybridized carbons (Fsp3) is 0.600. The van der Waals surface area contributed by atoms with Crippen LogP contribution in [0.25, 0.3) is 0 Å². The molecule has 0 aliphatic carbocycles. The number of rotatable bonds is 1. The van der Waals surface area contributed by atoms with Gasteiger partial charge in [0.25, 0.3) is 0 Å². The van der Waals surface area contributed by atoms with Gasteiger partial charge in [-0.05, 0) is 62.9 Å². The highest BCUT2D eigenvalue weighted by Gasteiger charge is 2.46. The van der Waals surface area contributed by atoms with Crippen molar-refractivity contribution in [1.29, 1.82) is 0 Å². The highest BCUT2D eigenvalue weighted by atomic mass is 19.1. The SMILES string of the molecule is Cc1cc(F)cc(C2(O)CC3CCC(C2)N3C)c1. The molecule has 2 bridgehead atoms. The molecule has 2 fully saturated rings. The molecule has 1 N–H and O–H groups in total. The molecule has 0 spiro atoms. The highest BCUT2D eigenvalue weighted by molar-refractivity contribution is 5.30. The summed E-state index contributed by atoms with van der Waals surface area (Å²) in [6.07, 6.45) is 3.75. The van der Waals surface area contributed by atoms with Crippen molar-refractivity contribution in [3.63, 3.8) is 0 Å². The first kappa shape index (κ1) is 12.1. The number of aryl methyl sites for hydroxylation is 1. The second kappa shape index (κ2) is 4.04. The summed E-state index contributed by atoms with van der Waals surface area (Å²) in [6.45, 7) is 1.87. The van der Waals surface area contributed by atoms with E-state index in [-0.39, 0.29) is 5.82 Å². The number of hydrogen-bond acceptors (Lipinski definition) is 2. The molecule has 0 radical (unpaired) electrons. The molecular weight excluding hydrogens is 229 g/mol. The molecule has 2 unspecified atom stereocenters. The Hall–Kier alpha value is -0.930. The van der Waals surface area contributed by atoms with Gasteiger partial charge in [0.05, 0.1) is 5.60 Å². The van der Waals surface area contributed by atoms with Crippen molar-refractivity contribution in [2.45, 2.75) is 50.3 Å². The summed E-state index contributed by atoms with van der Waals surface area (Å²) >= 11 is 0. The third-order valence-electron chi connectivity index (χ3n) is 4.71. The van der Waals surface area contributed by atoms with Gasteiger partial charge < -0.3 is 10.0 Å². The van der Waals surface area contributed by atoms with Gasteiger partial charge in [0.2, 0.25) is 0 Å². The van der Waals surface area contributed by atoms with Gasteiger partial charge in [0.1, 0.15) is 5.82 Å². The second-order valence-electron chi connectivity index (χ2n) is 6.01. The summed E-state index contributed by atoms with van der Waals surface area (Å²) in [6, 6.07) is 5.82. The largest absolute Gasteiger partial charge is 0.385 e. The van der Waals surface area contributed by atoms with Crippen LogP contribution in [0.5, 0.6) is 0 Å². The van der Waals surface area contributed by atoms with E-state index in [2.05, 4.69) is 11.9 Å². The van der Waals surface area contributed by atoms with Crippen LogP contribution >= 0.6 is 0 Å². The lowest BCUT2D eigenvalue weighted by atomic mass is 9.80. The van der Waals surface area contributed by atoms with Crippen molar-refractivity contribution in [1.82, 2.24) is 4.90 Å². The van der Waals surface area contributed by atoms with Crippen LogP contribution in [0.15, 0.2) is 18.2 Å². The van der Waals surface area contributed by atoms with Crippen LogP contribution in [0.4, 0.5) is 4.39 Å². The Morgan fingerprint density at radius 1 is 1.22 bits per heavy atom. The molecule has 0 amide bonds. The molecule has 0 saturated carbocycles. The van der Waals surface area contributed by atoms with Gasteiger partial charge in [0.15, 0.2) is 0 Å². The predicted octanol–water partition coefficient (Wildman–Crippen LogP) is 2.58. The maximum absolute atomic E-state index is 13.5. The zero-order valence-electron chi connectivity index (χ0n) is 11.0. The lowest BCUT2D eigenvalue weighted by molar-refractivity contribution is -0.0495. The fourth-order valence-electron chi connectivity index (χ4n) is 3.69. The Balaban J connectivity index is 1.96. The van der Waals surface area contributed by atoms with Gasteiger partial charge in [-0.15, -0.1) is 0 Å². The first-order valence-electron chi connectivity index (χ1n) is 6.70. The zero-order chi connectivity index (χ0) is 12.9. The van der Waals surface area contributed by atoms with Gasteiger partial charge in [-0.2, -0.15) is 0 Å². The number of hydrogen-bond donors (Lipinski definition) is 1. The van der Waals surface area contributed by atoms with Gasteiger partial charge in [-0.25, -0.2) is 4.39 Å². The molecule has 2 nitrogen and oxygen atoms in total. The predicted molar refractivity (Wildman–Crippen MR) is 68.8 cm³/mol. The van der Waals surface area contributed by atoms with E-state index >= 15 is 0 Å². The van der Waals surface area contributed by atoms with E-state index in [1.54, 1.807) is 0 Å². The van der Waals surface area contributed by atoms with Gasteiger partial charge in [-0.1, -0.05) is 6.07 Å². The Bertz CT molecular complexity index is 439. The molecule has 2 aliphatic rings. The summed E-state index contributed by atoms with van der Waals surface area (Å²) in [4.78, 5) is 2.38. The summed E-state index contributed by atoms with van der Waals surface area (Å²) < 4.78 is 13.5. The average molecular weight is 249 g/mol. The van der Waals surface area contributed by atoms with Gasteiger partial charge in [-0.3, -0.25) is 0 Å². The summed E-state index contributed by atoms with van der Waals surface area (Å²) in [5, 5.41) is 10.9. The highest BCUT2D eigenvalue weighted by Crippen LogP contribution is 2.45. The number of halogens is 1. The Morgan fingerprint density at radius 3 is 2.39 bits per heavy atom. The molecule has 1 aromatic rings. The van der Waals surface area contributed by atoms with E-state index in [1.807, 2.05) is 13.0 Å². The molecule has 2 saturated heterocycles. The molecule has 2 aliphatic heterocycles. The quantitative estimate of drug-likeness (QED) is 0.827. The smallest absolute Gasteiger partial charge is 0.123 e. The summed E-state index contributed by atoms with van der Waals surface area (Å²) in [5.41, 5.74) is 0.792. The maximum atomic E-state index is 13.5. The standard InChI is InChI=1S/C15H20FNO/c1-10-5-11(7-12(16)6-10)15(18)8-13-3-4-14(9-15)17(13)2/h5-7,13-14,18H,3-4,8-9H2,1-2H3. The van der Waals surface area contributed by atoms with E-state index < -0.39 is 5.60 Å². The maximum Gasteiger partial charge on any atom is 0.123 e. The fourth-order valence-corrected chi connectivity index (χ4v) is 3.69. The minimum Gasteiger partial charge on any atom is -0.385 e. The van der Waals surface area contributed by atoms with Crippen molar-refractivity contribution in [2.75, 3.05) is 7.05 Å². The van der Waals surface area contributed by atoms with Gasteiger partial charge >= 0.3 is 0 Å². The number of aliphatic hydroxyl groups is 1. The van der Waals surface area contributed by atoms with Crippen LogP contribution in [0.1, 0.15) is 36.8 Å². The van der Waals surface area contributed by atoms with E-state index in [0.717, 1.165) is 36.8 Å². The van der Waals surface area contributed by atoms with Crippen LogP contribution < -0.4 is 0 Å². The van der Waals surface area contributed by atoms with Crippen molar-refractivity contribution < 1.29 is 9.50 Å². The summed E-state index contributed by atoms with van der Waals surface area (Å²) in [7, 11) is 2.14. The molecule has 98 valence electrons. The Morgan fingerprint density at radius 2 is 1.83 bits per heavy atom. The lowest BCUT2D eigenvalue weighted by Crippen LogP contribution is -2.47. The number of benzene rings is 1. The molecule has 0 aromatic heterocycles. The third-order valence-corrected chi connectivity index (χ3v) is 4.71. The molecule has 2 heterocycles. The minimum absolute atomic E-state index is 0.246. The summed E-state index contributed by atoms with van der Waals surface area (Å²) in [5.74, 6) is -0.246. The lowest BCUT2D eigenvalue weighted by Gasteiger charge is -2.42. The Labute approximate surface area is 107 Å². The number of piperidine rings is 1. The third kappa shape index (κ3) is 1.86. The van der Waals surface area contributed by atoms with Crippen molar-refractivity contribution in [3.8, 4) is 0 Å². The van der Waals surface area contributed by atoms with Crippen LogP contribution in [0.3, 0.4) is 0 Å². The van der Waals surface area contributed by atoms with E-state index in [0.29, 0.717) is 12.1 Å². The van der Waals surface area contributed by atoms with Gasteiger partial charge in [0, 0.05) is 12.1 Å². The van der Waals surface area contributed by atoms with Crippen molar-refractivity contribution in [3.05, 3.63) is 35.1 Å². The first-order valence-corrected chi connectivity index (χ1v) is 6.70. The molecule has 3 heteroatoms. The van der Waals surface area contributed by atoms with E-state index in [9.17, 15) is 9.50 Å². The second-order valence-corrected chi connectivity index (χ2v) is 6.01. The van der Waals surface area contributed by atoms with Crippen LogP contribution in [0, 0.1) is 12.7 Å². The molecule has 3 rings (SSSR count). The molecule has 2 atom stereocenters. The minimum atomic E-state index is -0.842.